The maximum absolute atomic E-state index is 4.46. The zero-order valence-electron chi connectivity index (χ0n) is 11.9. The van der Waals surface area contributed by atoms with Crippen molar-refractivity contribution >= 4 is 11.0 Å². The van der Waals surface area contributed by atoms with Crippen LogP contribution >= 0.6 is 0 Å². The molecule has 20 heavy (non-hydrogen) atoms. The van der Waals surface area contributed by atoms with Crippen molar-refractivity contribution in [3.8, 4) is 5.82 Å². The van der Waals surface area contributed by atoms with Gasteiger partial charge in [-0.3, -0.25) is 9.55 Å². The molecule has 5 heteroatoms. The Hall–Kier alpha value is -2.27. The minimum absolute atomic E-state index is 0.719. The van der Waals surface area contributed by atoms with Crippen LogP contribution in [0.3, 0.4) is 0 Å². The van der Waals surface area contributed by atoms with E-state index in [-0.39, 0.29) is 0 Å². The number of benzene rings is 1. The Morgan fingerprint density at radius 2 is 1.85 bits per heavy atom. The average Bonchev–Trinajstić information content (AvgIpc) is 2.83. The Bertz CT molecular complexity index is 743. The van der Waals surface area contributed by atoms with Gasteiger partial charge in [0.05, 0.1) is 29.1 Å². The Morgan fingerprint density at radius 3 is 2.55 bits per heavy atom. The van der Waals surface area contributed by atoms with Gasteiger partial charge < -0.3 is 5.32 Å². The average molecular weight is 267 g/mol. The van der Waals surface area contributed by atoms with Crippen molar-refractivity contribution in [3.63, 3.8) is 0 Å². The van der Waals surface area contributed by atoms with Gasteiger partial charge in [-0.15, -0.1) is 0 Å². The van der Waals surface area contributed by atoms with Gasteiger partial charge in [0, 0.05) is 6.54 Å². The van der Waals surface area contributed by atoms with Gasteiger partial charge in [-0.25, -0.2) is 9.97 Å². The van der Waals surface area contributed by atoms with Crippen molar-refractivity contribution in [2.75, 3.05) is 7.05 Å². The summed E-state index contributed by atoms with van der Waals surface area (Å²) in [5.41, 5.74) is 5.46. The van der Waals surface area contributed by atoms with Gasteiger partial charge in [-0.05, 0) is 44.2 Å². The molecule has 0 aliphatic heterocycles. The van der Waals surface area contributed by atoms with Gasteiger partial charge in [0.1, 0.15) is 6.33 Å². The smallest absolute Gasteiger partial charge is 0.156 e. The van der Waals surface area contributed by atoms with E-state index in [0.717, 1.165) is 29.1 Å². The van der Waals surface area contributed by atoms with Gasteiger partial charge in [0.2, 0.25) is 0 Å². The lowest BCUT2D eigenvalue weighted by atomic mass is 10.1. The molecule has 0 amide bonds. The highest BCUT2D eigenvalue weighted by Gasteiger charge is 2.08. The third-order valence-corrected chi connectivity index (χ3v) is 3.46. The van der Waals surface area contributed by atoms with Crippen LogP contribution in [0.25, 0.3) is 16.9 Å². The van der Waals surface area contributed by atoms with Crippen LogP contribution in [0.2, 0.25) is 0 Å². The number of aromatic nitrogens is 4. The van der Waals surface area contributed by atoms with Crippen LogP contribution in [0, 0.1) is 13.8 Å². The van der Waals surface area contributed by atoms with Crippen molar-refractivity contribution in [3.05, 3.63) is 47.7 Å². The number of nitrogens with one attached hydrogen (secondary N) is 1. The second kappa shape index (κ2) is 5.02. The lowest BCUT2D eigenvalue weighted by molar-refractivity contribution is 0.780. The largest absolute Gasteiger partial charge is 0.314 e. The molecule has 2 heterocycles. The number of hydrogen-bond acceptors (Lipinski definition) is 4. The predicted octanol–water partition coefficient (Wildman–Crippen LogP) is 2.15. The number of nitrogens with zero attached hydrogens (tertiary/aromatic N) is 4. The molecule has 0 aliphatic rings. The van der Waals surface area contributed by atoms with Crippen LogP contribution in [0.5, 0.6) is 0 Å². The molecule has 5 nitrogen and oxygen atoms in total. The summed E-state index contributed by atoms with van der Waals surface area (Å²) < 4.78 is 1.97. The lowest BCUT2D eigenvalue weighted by Gasteiger charge is -2.06. The number of aryl methyl sites for hydroxylation is 2. The summed E-state index contributed by atoms with van der Waals surface area (Å²) in [6.07, 6.45) is 5.37. The second-order valence-electron chi connectivity index (χ2n) is 4.94. The van der Waals surface area contributed by atoms with Crippen LogP contribution in [-0.4, -0.2) is 26.6 Å². The van der Waals surface area contributed by atoms with E-state index in [0.29, 0.717) is 0 Å². The maximum Gasteiger partial charge on any atom is 0.156 e. The maximum atomic E-state index is 4.46. The topological polar surface area (TPSA) is 55.6 Å². The summed E-state index contributed by atoms with van der Waals surface area (Å²) in [5.74, 6) is 0.788. The highest BCUT2D eigenvalue weighted by Crippen LogP contribution is 2.20. The van der Waals surface area contributed by atoms with Crippen molar-refractivity contribution in [1.82, 2.24) is 24.8 Å². The number of fused-ring (bicyclic) bond motifs is 1. The molecule has 2 aromatic heterocycles. The van der Waals surface area contributed by atoms with E-state index >= 15 is 0 Å². The molecule has 0 saturated heterocycles. The minimum atomic E-state index is 0.719. The second-order valence-corrected chi connectivity index (χ2v) is 4.94. The summed E-state index contributed by atoms with van der Waals surface area (Å²) >= 11 is 0. The highest BCUT2D eigenvalue weighted by molar-refractivity contribution is 5.78. The third kappa shape index (κ3) is 2.16. The molecule has 0 fully saturated rings. The summed E-state index contributed by atoms with van der Waals surface area (Å²) in [6, 6.07) is 4.24. The van der Waals surface area contributed by atoms with Gasteiger partial charge in [0.15, 0.2) is 5.82 Å². The first-order chi connectivity index (χ1) is 9.69. The number of hydrogen-bond donors (Lipinski definition) is 1. The van der Waals surface area contributed by atoms with Crippen LogP contribution < -0.4 is 5.32 Å². The fraction of sp³-hybridized carbons (Fsp3) is 0.267. The molecular formula is C15H17N5. The molecular weight excluding hydrogens is 250 g/mol. The van der Waals surface area contributed by atoms with E-state index in [4.69, 9.17) is 0 Å². The number of rotatable bonds is 3. The first kappa shape index (κ1) is 12.7. The summed E-state index contributed by atoms with van der Waals surface area (Å²) in [4.78, 5) is 13.3. The Kier molecular flexibility index (Phi) is 3.20. The molecule has 3 rings (SSSR count). The fourth-order valence-electron chi connectivity index (χ4n) is 2.19. The molecule has 102 valence electrons. The molecule has 3 aromatic rings. The number of imidazole rings is 1. The zero-order valence-corrected chi connectivity index (χ0v) is 11.9. The minimum Gasteiger partial charge on any atom is -0.314 e. The summed E-state index contributed by atoms with van der Waals surface area (Å²) in [7, 11) is 1.89. The molecule has 0 spiro atoms. The van der Waals surface area contributed by atoms with Crippen LogP contribution in [0.15, 0.2) is 30.9 Å². The van der Waals surface area contributed by atoms with Gasteiger partial charge in [0.25, 0.3) is 0 Å². The summed E-state index contributed by atoms with van der Waals surface area (Å²) in [6.45, 7) is 4.92. The van der Waals surface area contributed by atoms with Crippen molar-refractivity contribution in [2.24, 2.45) is 0 Å². The molecule has 0 unspecified atom stereocenters. The Labute approximate surface area is 117 Å². The highest BCUT2D eigenvalue weighted by atomic mass is 15.1. The van der Waals surface area contributed by atoms with E-state index in [9.17, 15) is 0 Å². The SMILES string of the molecule is CNCc1cnc(-n2cnc3cc(C)c(C)cc32)cn1. The summed E-state index contributed by atoms with van der Waals surface area (Å²) in [5, 5.41) is 3.06. The molecule has 0 aliphatic carbocycles. The normalized spacial score (nSPS) is 11.2. The van der Waals surface area contributed by atoms with Crippen LogP contribution in [0.1, 0.15) is 16.8 Å². The monoisotopic (exact) mass is 267 g/mol. The first-order valence-corrected chi connectivity index (χ1v) is 6.59. The lowest BCUT2D eigenvalue weighted by Crippen LogP contribution is -2.08. The molecule has 0 saturated carbocycles. The van der Waals surface area contributed by atoms with Gasteiger partial charge in [-0.1, -0.05) is 0 Å². The van der Waals surface area contributed by atoms with Crippen molar-refractivity contribution < 1.29 is 0 Å². The van der Waals surface area contributed by atoms with Crippen LogP contribution in [0.4, 0.5) is 0 Å². The van der Waals surface area contributed by atoms with E-state index in [1.165, 1.54) is 11.1 Å². The predicted molar refractivity (Wildman–Crippen MR) is 78.9 cm³/mol. The molecule has 0 bridgehead atoms. The Morgan fingerprint density at radius 1 is 1.05 bits per heavy atom. The van der Waals surface area contributed by atoms with E-state index in [1.807, 2.05) is 11.6 Å². The van der Waals surface area contributed by atoms with Crippen LogP contribution in [-0.2, 0) is 6.54 Å². The van der Waals surface area contributed by atoms with E-state index in [2.05, 4.69) is 46.2 Å². The van der Waals surface area contributed by atoms with Gasteiger partial charge >= 0.3 is 0 Å². The van der Waals surface area contributed by atoms with E-state index in [1.54, 1.807) is 18.7 Å². The Balaban J connectivity index is 2.07. The van der Waals surface area contributed by atoms with E-state index < -0.39 is 0 Å². The van der Waals surface area contributed by atoms with Crippen molar-refractivity contribution in [1.29, 1.82) is 0 Å². The molecule has 0 radical (unpaired) electrons. The quantitative estimate of drug-likeness (QED) is 0.790. The van der Waals surface area contributed by atoms with Gasteiger partial charge in [-0.2, -0.15) is 0 Å². The molecule has 1 aromatic carbocycles. The van der Waals surface area contributed by atoms with Crippen molar-refractivity contribution in [2.45, 2.75) is 20.4 Å². The standard InChI is InChI=1S/C15H17N5/c1-10-4-13-14(5-11(10)2)20(9-19-13)15-8-17-12(6-16-3)7-18-15/h4-5,7-9,16H,6H2,1-3H3. The first-order valence-electron chi connectivity index (χ1n) is 6.59. The third-order valence-electron chi connectivity index (χ3n) is 3.46. The molecule has 1 N–H and O–H groups in total. The molecule has 0 atom stereocenters. The zero-order chi connectivity index (χ0) is 14.1. The fourth-order valence-corrected chi connectivity index (χ4v) is 2.19.